The van der Waals surface area contributed by atoms with Crippen LogP contribution in [-0.4, -0.2) is 23.9 Å². The standard InChI is InChI=1S/C24H21N3O4S/c1-30-18-10-5-9-17(13-18)26-24(29)23-22(16-7-3-2-4-8-16)27-21(32-23)14-20(28)25-15-19-11-6-12-31-19/h2-13H,14-15H2,1H3,(H,25,28)(H,26,29). The number of methoxy groups -OCH3 is 1. The molecule has 0 saturated carbocycles. The molecule has 0 aliphatic rings. The summed E-state index contributed by atoms with van der Waals surface area (Å²) in [4.78, 5) is 30.5. The largest absolute Gasteiger partial charge is 0.497 e. The summed E-state index contributed by atoms with van der Waals surface area (Å²) in [5, 5.41) is 6.25. The van der Waals surface area contributed by atoms with Gasteiger partial charge in [-0.15, -0.1) is 11.3 Å². The van der Waals surface area contributed by atoms with Gasteiger partial charge in [0, 0.05) is 17.3 Å². The summed E-state index contributed by atoms with van der Waals surface area (Å²) in [5.41, 5.74) is 1.96. The summed E-state index contributed by atoms with van der Waals surface area (Å²) in [6, 6.07) is 20.1. The Hall–Kier alpha value is -3.91. The number of anilines is 1. The summed E-state index contributed by atoms with van der Waals surface area (Å²) in [7, 11) is 1.57. The molecule has 2 aromatic carbocycles. The maximum Gasteiger partial charge on any atom is 0.268 e. The van der Waals surface area contributed by atoms with E-state index in [1.165, 1.54) is 11.3 Å². The Kier molecular flexibility index (Phi) is 6.62. The van der Waals surface area contributed by atoms with Gasteiger partial charge >= 0.3 is 0 Å². The van der Waals surface area contributed by atoms with Crippen LogP contribution in [-0.2, 0) is 17.8 Å². The molecule has 2 heterocycles. The zero-order valence-corrected chi connectivity index (χ0v) is 18.1. The minimum Gasteiger partial charge on any atom is -0.497 e. The third-order valence-corrected chi connectivity index (χ3v) is 5.66. The lowest BCUT2D eigenvalue weighted by Gasteiger charge is -2.07. The highest BCUT2D eigenvalue weighted by Gasteiger charge is 2.21. The first-order chi connectivity index (χ1) is 15.6. The topological polar surface area (TPSA) is 93.5 Å². The van der Waals surface area contributed by atoms with Crippen LogP contribution in [0.15, 0.2) is 77.4 Å². The van der Waals surface area contributed by atoms with Gasteiger partial charge in [-0.1, -0.05) is 36.4 Å². The van der Waals surface area contributed by atoms with Crippen molar-refractivity contribution < 1.29 is 18.7 Å². The summed E-state index contributed by atoms with van der Waals surface area (Å²) in [6.45, 7) is 0.298. The number of hydrogen-bond donors (Lipinski definition) is 2. The average Bonchev–Trinajstić information content (AvgIpc) is 3.48. The summed E-state index contributed by atoms with van der Waals surface area (Å²) in [6.07, 6.45) is 1.62. The SMILES string of the molecule is COc1cccc(NC(=O)c2sc(CC(=O)NCc3ccco3)nc2-c2ccccc2)c1. The molecule has 0 aliphatic carbocycles. The number of ether oxygens (including phenoxy) is 1. The average molecular weight is 448 g/mol. The van der Waals surface area contributed by atoms with Crippen molar-refractivity contribution in [2.45, 2.75) is 13.0 Å². The lowest BCUT2D eigenvalue weighted by molar-refractivity contribution is -0.120. The molecule has 0 aliphatic heterocycles. The Labute approximate surface area is 189 Å². The number of furan rings is 1. The van der Waals surface area contributed by atoms with E-state index in [0.29, 0.717) is 39.3 Å². The van der Waals surface area contributed by atoms with Gasteiger partial charge in [-0.3, -0.25) is 9.59 Å². The zero-order valence-electron chi connectivity index (χ0n) is 17.3. The number of aromatic nitrogens is 1. The van der Waals surface area contributed by atoms with Crippen molar-refractivity contribution in [2.24, 2.45) is 0 Å². The lowest BCUT2D eigenvalue weighted by Crippen LogP contribution is -2.24. The van der Waals surface area contributed by atoms with Gasteiger partial charge < -0.3 is 19.8 Å². The highest BCUT2D eigenvalue weighted by molar-refractivity contribution is 7.14. The molecular formula is C24H21N3O4S. The molecule has 0 spiro atoms. The Morgan fingerprint density at radius 3 is 2.66 bits per heavy atom. The minimum atomic E-state index is -0.295. The van der Waals surface area contributed by atoms with Gasteiger partial charge in [0.15, 0.2) is 0 Å². The van der Waals surface area contributed by atoms with Crippen molar-refractivity contribution in [1.82, 2.24) is 10.3 Å². The van der Waals surface area contributed by atoms with Gasteiger partial charge in [0.1, 0.15) is 21.4 Å². The number of amides is 2. The van der Waals surface area contributed by atoms with Crippen LogP contribution in [0.2, 0.25) is 0 Å². The Balaban J connectivity index is 1.55. The number of nitrogens with one attached hydrogen (secondary N) is 2. The van der Waals surface area contributed by atoms with Crippen molar-refractivity contribution in [3.63, 3.8) is 0 Å². The van der Waals surface area contributed by atoms with Gasteiger partial charge in [0.25, 0.3) is 5.91 Å². The van der Waals surface area contributed by atoms with Crippen molar-refractivity contribution in [3.05, 3.63) is 88.6 Å². The molecule has 4 aromatic rings. The second kappa shape index (κ2) is 9.93. The molecule has 162 valence electrons. The van der Waals surface area contributed by atoms with Crippen molar-refractivity contribution in [2.75, 3.05) is 12.4 Å². The lowest BCUT2D eigenvalue weighted by atomic mass is 10.1. The number of rotatable bonds is 8. The third kappa shape index (κ3) is 5.22. The summed E-state index contributed by atoms with van der Waals surface area (Å²) >= 11 is 1.20. The molecule has 0 fully saturated rings. The van der Waals surface area contributed by atoms with Gasteiger partial charge in [0.2, 0.25) is 5.91 Å². The van der Waals surface area contributed by atoms with E-state index >= 15 is 0 Å². The Morgan fingerprint density at radius 2 is 1.91 bits per heavy atom. The van der Waals surface area contributed by atoms with Gasteiger partial charge in [-0.25, -0.2) is 4.98 Å². The smallest absolute Gasteiger partial charge is 0.268 e. The molecule has 32 heavy (non-hydrogen) atoms. The van der Waals surface area contributed by atoms with E-state index < -0.39 is 0 Å². The van der Waals surface area contributed by atoms with E-state index in [4.69, 9.17) is 9.15 Å². The fourth-order valence-electron chi connectivity index (χ4n) is 3.07. The first-order valence-corrected chi connectivity index (χ1v) is 10.7. The van der Waals surface area contributed by atoms with Crippen LogP contribution in [0.25, 0.3) is 11.3 Å². The van der Waals surface area contributed by atoms with Gasteiger partial charge in [0.05, 0.1) is 32.0 Å². The molecule has 7 nitrogen and oxygen atoms in total. The molecular weight excluding hydrogens is 426 g/mol. The van der Waals surface area contributed by atoms with Gasteiger partial charge in [-0.2, -0.15) is 0 Å². The molecule has 2 N–H and O–H groups in total. The van der Waals surface area contributed by atoms with Crippen LogP contribution in [0.5, 0.6) is 5.75 Å². The van der Waals surface area contributed by atoms with Crippen molar-refractivity contribution in [3.8, 4) is 17.0 Å². The maximum absolute atomic E-state index is 13.1. The first-order valence-electron chi connectivity index (χ1n) is 9.92. The normalized spacial score (nSPS) is 10.5. The van der Waals surface area contributed by atoms with Crippen LogP contribution in [0, 0.1) is 0 Å². The predicted molar refractivity (Wildman–Crippen MR) is 123 cm³/mol. The van der Waals surface area contributed by atoms with Crippen molar-refractivity contribution in [1.29, 1.82) is 0 Å². The van der Waals surface area contributed by atoms with E-state index in [2.05, 4.69) is 15.6 Å². The van der Waals surface area contributed by atoms with E-state index in [0.717, 1.165) is 5.56 Å². The van der Waals surface area contributed by atoms with E-state index in [-0.39, 0.29) is 18.2 Å². The molecule has 2 amide bonds. The highest BCUT2D eigenvalue weighted by atomic mass is 32.1. The van der Waals surface area contributed by atoms with Crippen LogP contribution < -0.4 is 15.4 Å². The molecule has 4 rings (SSSR count). The first kappa shape index (κ1) is 21.3. The zero-order chi connectivity index (χ0) is 22.3. The number of thiazole rings is 1. The van der Waals surface area contributed by atoms with Crippen LogP contribution >= 0.6 is 11.3 Å². The van der Waals surface area contributed by atoms with E-state index in [9.17, 15) is 9.59 Å². The summed E-state index contributed by atoms with van der Waals surface area (Å²) < 4.78 is 10.5. The quantitative estimate of drug-likeness (QED) is 0.414. The number of carbonyl (C=O) groups is 2. The fraction of sp³-hybridized carbons (Fsp3) is 0.125. The Bertz CT molecular complexity index is 1200. The second-order valence-electron chi connectivity index (χ2n) is 6.87. The minimum absolute atomic E-state index is 0.0671. The second-order valence-corrected chi connectivity index (χ2v) is 7.95. The number of carbonyl (C=O) groups excluding carboxylic acids is 2. The predicted octanol–water partition coefficient (Wildman–Crippen LogP) is 4.52. The fourth-order valence-corrected chi connectivity index (χ4v) is 4.05. The Morgan fingerprint density at radius 1 is 1.06 bits per heavy atom. The molecule has 0 radical (unpaired) electrons. The monoisotopic (exact) mass is 447 g/mol. The summed E-state index contributed by atoms with van der Waals surface area (Å²) in [5.74, 6) is 0.816. The molecule has 0 bridgehead atoms. The van der Waals surface area contributed by atoms with Crippen LogP contribution in [0.1, 0.15) is 20.4 Å². The van der Waals surface area contributed by atoms with Crippen LogP contribution in [0.4, 0.5) is 5.69 Å². The number of benzene rings is 2. The maximum atomic E-state index is 13.1. The number of hydrogen-bond acceptors (Lipinski definition) is 6. The van der Waals surface area contributed by atoms with E-state index in [1.54, 1.807) is 49.8 Å². The van der Waals surface area contributed by atoms with Crippen LogP contribution in [0.3, 0.4) is 0 Å². The molecule has 0 atom stereocenters. The molecule has 0 unspecified atom stereocenters. The van der Waals surface area contributed by atoms with Crippen molar-refractivity contribution >= 4 is 28.8 Å². The van der Waals surface area contributed by atoms with E-state index in [1.807, 2.05) is 30.3 Å². The molecule has 0 saturated heterocycles. The van der Waals surface area contributed by atoms with Gasteiger partial charge in [-0.05, 0) is 24.3 Å². The third-order valence-electron chi connectivity index (χ3n) is 4.60. The highest BCUT2D eigenvalue weighted by Crippen LogP contribution is 2.30. The molecule has 8 heteroatoms. The molecule has 2 aromatic heterocycles. The number of nitrogens with zero attached hydrogens (tertiary/aromatic N) is 1.